The van der Waals surface area contributed by atoms with Gasteiger partial charge in [0.2, 0.25) is 0 Å². The molecule has 0 saturated carbocycles. The van der Waals surface area contributed by atoms with E-state index in [1.165, 1.54) is 16.9 Å². The van der Waals surface area contributed by atoms with E-state index in [9.17, 15) is 19.8 Å². The van der Waals surface area contributed by atoms with Gasteiger partial charge in [0.25, 0.3) is 0 Å². The molecule has 34 heavy (non-hydrogen) atoms. The number of hydrogen-bond acceptors (Lipinski definition) is 8. The molecule has 0 aliphatic carbocycles. The lowest BCUT2D eigenvalue weighted by molar-refractivity contribution is -0.153. The molecular weight excluding hydrogens is 452 g/mol. The number of rotatable bonds is 3. The second-order valence-electron chi connectivity index (χ2n) is 10.00. The Kier molecular flexibility index (Phi) is 10.6. The van der Waals surface area contributed by atoms with Crippen molar-refractivity contribution in [3.05, 3.63) is 33.8 Å². The topological polar surface area (TPSA) is 123 Å². The first-order chi connectivity index (χ1) is 15.9. The number of aromatic nitrogens is 1. The Bertz CT molecular complexity index is 892. The quantitative estimate of drug-likeness (QED) is 0.430. The zero-order valence-corrected chi connectivity index (χ0v) is 21.8. The molecule has 7 nitrogen and oxygen atoms in total. The maximum atomic E-state index is 13.1. The highest BCUT2D eigenvalue weighted by Gasteiger charge is 2.42. The van der Waals surface area contributed by atoms with Crippen LogP contribution in [0.1, 0.15) is 77.4 Å². The summed E-state index contributed by atoms with van der Waals surface area (Å²) < 4.78 is 5.68. The van der Waals surface area contributed by atoms with E-state index in [0.717, 1.165) is 30.0 Å². The summed E-state index contributed by atoms with van der Waals surface area (Å²) in [7, 11) is 0. The van der Waals surface area contributed by atoms with Gasteiger partial charge in [-0.3, -0.25) is 9.59 Å². The van der Waals surface area contributed by atoms with Gasteiger partial charge >= 0.3 is 5.97 Å². The van der Waals surface area contributed by atoms with Crippen molar-refractivity contribution < 1.29 is 24.5 Å². The third-order valence-corrected chi connectivity index (χ3v) is 7.66. The monoisotopic (exact) mass is 492 g/mol. The van der Waals surface area contributed by atoms with E-state index in [4.69, 9.17) is 10.5 Å². The lowest BCUT2D eigenvalue weighted by Gasteiger charge is -2.34. The first kappa shape index (κ1) is 28.4. The van der Waals surface area contributed by atoms with E-state index in [2.05, 4.69) is 11.1 Å². The highest BCUT2D eigenvalue weighted by molar-refractivity contribution is 7.09. The summed E-state index contributed by atoms with van der Waals surface area (Å²) in [6.07, 6.45) is 5.84. The molecule has 0 radical (unpaired) electrons. The third kappa shape index (κ3) is 7.83. The number of thiazole rings is 1. The number of ether oxygens (including phenoxy) is 1. The van der Waals surface area contributed by atoms with Crippen LogP contribution in [0.2, 0.25) is 0 Å². The van der Waals surface area contributed by atoms with E-state index in [-0.39, 0.29) is 18.1 Å². The van der Waals surface area contributed by atoms with Crippen LogP contribution >= 0.6 is 11.3 Å². The van der Waals surface area contributed by atoms with Crippen molar-refractivity contribution in [3.63, 3.8) is 0 Å². The SMILES string of the molecule is C/C1=C\CC(/C=C/c2csc(CN)n2)OC(=O)CC(O)C(C)(C)C(=O)C(C)C(O)C(C)CCC1. The van der Waals surface area contributed by atoms with Gasteiger partial charge in [-0.2, -0.15) is 0 Å². The van der Waals surface area contributed by atoms with Crippen molar-refractivity contribution in [3.8, 4) is 0 Å². The summed E-state index contributed by atoms with van der Waals surface area (Å²) in [5.41, 5.74) is 6.36. The Balaban J connectivity index is 2.26. The van der Waals surface area contributed by atoms with Crippen molar-refractivity contribution in [1.82, 2.24) is 4.98 Å². The molecule has 5 unspecified atom stereocenters. The van der Waals surface area contributed by atoms with Gasteiger partial charge in [-0.25, -0.2) is 4.98 Å². The molecule has 8 heteroatoms. The van der Waals surface area contributed by atoms with Gasteiger partial charge in [-0.15, -0.1) is 11.3 Å². The van der Waals surface area contributed by atoms with Crippen molar-refractivity contribution in [2.75, 3.05) is 0 Å². The first-order valence-electron chi connectivity index (χ1n) is 12.0. The first-order valence-corrected chi connectivity index (χ1v) is 12.9. The minimum absolute atomic E-state index is 0.0511. The molecule has 1 aliphatic rings. The Morgan fingerprint density at radius 3 is 2.65 bits per heavy atom. The van der Waals surface area contributed by atoms with E-state index < -0.39 is 35.6 Å². The van der Waals surface area contributed by atoms with Crippen LogP contribution in [0.25, 0.3) is 6.08 Å². The predicted molar refractivity (Wildman–Crippen MR) is 135 cm³/mol. The number of cyclic esters (lactones) is 1. The minimum atomic E-state index is -1.22. The van der Waals surface area contributed by atoms with Crippen LogP contribution in [0, 0.1) is 17.3 Å². The van der Waals surface area contributed by atoms with E-state index in [1.807, 2.05) is 25.3 Å². The van der Waals surface area contributed by atoms with E-state index in [0.29, 0.717) is 13.0 Å². The van der Waals surface area contributed by atoms with Gasteiger partial charge in [-0.1, -0.05) is 39.3 Å². The summed E-state index contributed by atoms with van der Waals surface area (Å²) in [4.78, 5) is 30.2. The molecule has 0 saturated heterocycles. The zero-order valence-electron chi connectivity index (χ0n) is 21.0. The van der Waals surface area contributed by atoms with Crippen LogP contribution in [-0.4, -0.2) is 45.3 Å². The smallest absolute Gasteiger partial charge is 0.309 e. The van der Waals surface area contributed by atoms with Crippen LogP contribution in [-0.2, 0) is 20.9 Å². The number of nitrogens with zero attached hydrogens (tertiary/aromatic N) is 1. The summed E-state index contributed by atoms with van der Waals surface area (Å²) in [6, 6.07) is 0. The minimum Gasteiger partial charge on any atom is -0.458 e. The third-order valence-electron chi connectivity index (χ3n) is 6.77. The Morgan fingerprint density at radius 1 is 1.29 bits per heavy atom. The fraction of sp³-hybridized carbons (Fsp3) is 0.654. The van der Waals surface area contributed by atoms with Crippen LogP contribution in [0.3, 0.4) is 0 Å². The van der Waals surface area contributed by atoms with Crippen LogP contribution in [0.4, 0.5) is 0 Å². The summed E-state index contributed by atoms with van der Waals surface area (Å²) in [5.74, 6) is -1.54. The fourth-order valence-electron chi connectivity index (χ4n) is 4.19. The summed E-state index contributed by atoms with van der Waals surface area (Å²) in [5, 5.41) is 24.2. The van der Waals surface area contributed by atoms with Crippen molar-refractivity contribution >= 4 is 29.2 Å². The second-order valence-corrected chi connectivity index (χ2v) is 10.9. The molecule has 190 valence electrons. The number of nitrogens with two attached hydrogens (primary N) is 1. The number of hydrogen-bond donors (Lipinski definition) is 3. The summed E-state index contributed by atoms with van der Waals surface area (Å²) >= 11 is 1.47. The maximum Gasteiger partial charge on any atom is 0.309 e. The molecule has 0 bridgehead atoms. The van der Waals surface area contributed by atoms with Crippen molar-refractivity contribution in [2.24, 2.45) is 23.0 Å². The van der Waals surface area contributed by atoms with E-state index >= 15 is 0 Å². The predicted octanol–water partition coefficient (Wildman–Crippen LogP) is 4.03. The van der Waals surface area contributed by atoms with Crippen LogP contribution in [0.5, 0.6) is 0 Å². The molecule has 1 aromatic rings. The fourth-order valence-corrected chi connectivity index (χ4v) is 4.83. The molecule has 2 rings (SSSR count). The number of aliphatic hydroxyl groups excluding tert-OH is 2. The molecule has 5 atom stereocenters. The zero-order chi connectivity index (χ0) is 25.5. The average molecular weight is 493 g/mol. The largest absolute Gasteiger partial charge is 0.458 e. The molecular formula is C26H40N2O5S. The number of Topliss-reactive ketones (excluding diaryl/α,β-unsaturated/α-hetero) is 1. The maximum absolute atomic E-state index is 13.1. The van der Waals surface area contributed by atoms with Gasteiger partial charge in [0.15, 0.2) is 0 Å². The number of esters is 1. The highest BCUT2D eigenvalue weighted by atomic mass is 32.1. The lowest BCUT2D eigenvalue weighted by atomic mass is 9.73. The molecule has 4 N–H and O–H groups in total. The molecule has 0 aromatic carbocycles. The van der Waals surface area contributed by atoms with Gasteiger partial charge < -0.3 is 20.7 Å². The Hall–Kier alpha value is -1.87. The Labute approximate surface area is 207 Å². The molecule has 0 amide bonds. The number of carbonyl (C=O) groups is 2. The normalized spacial score (nSPS) is 31.8. The average Bonchev–Trinajstić information content (AvgIpc) is 3.26. The highest BCUT2D eigenvalue weighted by Crippen LogP contribution is 2.32. The van der Waals surface area contributed by atoms with Gasteiger partial charge in [0.1, 0.15) is 16.9 Å². The van der Waals surface area contributed by atoms with Gasteiger partial charge in [-0.05, 0) is 44.3 Å². The molecule has 2 heterocycles. The number of ketones is 1. The Morgan fingerprint density at radius 2 is 2.00 bits per heavy atom. The lowest BCUT2D eigenvalue weighted by Crippen LogP contribution is -2.45. The standard InChI is InChI=1S/C26H40N2O5S/c1-16-7-6-8-17(2)24(31)18(3)25(32)26(4,5)21(29)13-23(30)33-20(11-9-16)12-10-19-15-34-22(14-27)28-19/h9-10,12,15,17-18,20-21,24,29,31H,6-8,11,13-14,27H2,1-5H3/b12-10+,16-9+. The number of aliphatic hydroxyl groups is 2. The molecule has 0 fully saturated rings. The van der Waals surface area contributed by atoms with E-state index in [1.54, 1.807) is 26.8 Å². The molecule has 0 spiro atoms. The number of carbonyl (C=O) groups excluding carboxylic acids is 2. The van der Waals surface area contributed by atoms with Crippen LogP contribution < -0.4 is 5.73 Å². The van der Waals surface area contributed by atoms with Gasteiger partial charge in [0.05, 0.1) is 29.7 Å². The number of allylic oxidation sites excluding steroid dienone is 1. The molecule has 1 aromatic heterocycles. The second kappa shape index (κ2) is 12.7. The van der Waals surface area contributed by atoms with Crippen molar-refractivity contribution in [2.45, 2.75) is 91.6 Å². The molecule has 1 aliphatic heterocycles. The van der Waals surface area contributed by atoms with Crippen molar-refractivity contribution in [1.29, 1.82) is 0 Å². The summed E-state index contributed by atoms with van der Waals surface area (Å²) in [6.45, 7) is 9.29. The van der Waals surface area contributed by atoms with Crippen LogP contribution in [0.15, 0.2) is 23.1 Å². The van der Waals surface area contributed by atoms with Gasteiger partial charge in [0, 0.05) is 24.3 Å².